The van der Waals surface area contributed by atoms with Crippen molar-refractivity contribution in [3.63, 3.8) is 0 Å². The van der Waals surface area contributed by atoms with Crippen LogP contribution in [0.3, 0.4) is 0 Å². The zero-order chi connectivity index (χ0) is 25.7. The van der Waals surface area contributed by atoms with E-state index in [0.717, 1.165) is 23.5 Å². The predicted molar refractivity (Wildman–Crippen MR) is 141 cm³/mol. The smallest absolute Gasteiger partial charge is 0.267 e. The second kappa shape index (κ2) is 12.7. The van der Waals surface area contributed by atoms with Gasteiger partial charge in [0, 0.05) is 52.1 Å². The molecular weight excluding hydrogens is 549 g/mol. The molecule has 4 heterocycles. The third-order valence-electron chi connectivity index (χ3n) is 5.62. The first-order valence-corrected chi connectivity index (χ1v) is 13.8. The van der Waals surface area contributed by atoms with Crippen LogP contribution < -0.4 is 10.9 Å². The van der Waals surface area contributed by atoms with Crippen molar-refractivity contribution in [2.24, 2.45) is 0 Å². The number of carbonyl (C=O) groups excluding carboxylic acids is 4. The van der Waals surface area contributed by atoms with Crippen LogP contribution in [0.2, 0.25) is 0 Å². The highest BCUT2D eigenvalue weighted by Gasteiger charge is 2.42. The molecule has 0 spiro atoms. The number of hydrogen-bond donors (Lipinski definition) is 2. The fourth-order valence-corrected chi connectivity index (χ4v) is 6.47. The maximum absolute atomic E-state index is 13.0. The minimum Gasteiger partial charge on any atom is -0.379 e. The lowest BCUT2D eigenvalue weighted by Gasteiger charge is -2.27. The highest BCUT2D eigenvalue weighted by atomic mass is 32.2. The quantitative estimate of drug-likeness (QED) is 0.285. The Morgan fingerprint density at radius 3 is 1.44 bits per heavy atom. The van der Waals surface area contributed by atoms with Gasteiger partial charge in [0.1, 0.15) is 8.64 Å². The number of nitrogens with one attached hydrogen (secondary N) is 2. The van der Waals surface area contributed by atoms with Gasteiger partial charge in [-0.15, -0.1) is 0 Å². The number of thiocarbonyl (C=S) groups is 2. The summed E-state index contributed by atoms with van der Waals surface area (Å²) < 4.78 is 11.1. The van der Waals surface area contributed by atoms with E-state index in [9.17, 15) is 19.2 Å². The molecule has 4 fully saturated rings. The van der Waals surface area contributed by atoms with Gasteiger partial charge in [0.25, 0.3) is 11.8 Å². The molecule has 0 aromatic carbocycles. The summed E-state index contributed by atoms with van der Waals surface area (Å²) in [6, 6.07) is 0. The number of thioether (sulfide) groups is 2. The molecule has 2 N–H and O–H groups in total. The highest BCUT2D eigenvalue weighted by Crippen LogP contribution is 2.42. The van der Waals surface area contributed by atoms with E-state index in [2.05, 4.69) is 10.9 Å². The summed E-state index contributed by atoms with van der Waals surface area (Å²) in [7, 11) is 0. The Morgan fingerprint density at radius 2 is 1.08 bits per heavy atom. The summed E-state index contributed by atoms with van der Waals surface area (Å²) in [5.74, 6) is -1.30. The first-order chi connectivity index (χ1) is 17.3. The molecule has 0 aromatic heterocycles. The zero-order valence-corrected chi connectivity index (χ0v) is 22.6. The van der Waals surface area contributed by atoms with Crippen molar-refractivity contribution in [2.45, 2.75) is 12.8 Å². The third kappa shape index (κ3) is 6.80. The minimum absolute atomic E-state index is 0.0658. The number of morpholine rings is 2. The van der Waals surface area contributed by atoms with Gasteiger partial charge in [0.2, 0.25) is 11.8 Å². The Balaban J connectivity index is 1.30. The molecule has 0 bridgehead atoms. The monoisotopic (exact) mass is 574 g/mol. The summed E-state index contributed by atoms with van der Waals surface area (Å²) in [6.07, 6.45) is 0.132. The lowest BCUT2D eigenvalue weighted by Crippen LogP contribution is -2.49. The molecule has 0 unspecified atom stereocenters. The largest absolute Gasteiger partial charge is 0.379 e. The molecule has 0 aromatic rings. The Kier molecular flexibility index (Phi) is 9.68. The average Bonchev–Trinajstić information content (AvgIpc) is 3.31. The Morgan fingerprint density at radius 1 is 0.722 bits per heavy atom. The first-order valence-electron chi connectivity index (χ1n) is 11.4. The van der Waals surface area contributed by atoms with Crippen molar-refractivity contribution in [2.75, 3.05) is 65.7 Å². The molecule has 4 aliphatic rings. The SMILES string of the molecule is O=C(CCN1C(=O)/C(=C2\SC(=S)N(CCC(=O)NN3CCOCC3)C2=O)SC1=S)NN1CCOCC1. The molecule has 196 valence electrons. The van der Waals surface area contributed by atoms with Crippen LogP contribution in [-0.4, -0.2) is 118 Å². The first kappa shape index (κ1) is 27.4. The van der Waals surface area contributed by atoms with Gasteiger partial charge < -0.3 is 9.47 Å². The molecule has 4 aliphatic heterocycles. The normalized spacial score (nSPS) is 24.1. The maximum Gasteiger partial charge on any atom is 0.267 e. The fourth-order valence-electron chi connectivity index (χ4n) is 3.70. The average molecular weight is 575 g/mol. The molecule has 12 nitrogen and oxygen atoms in total. The second-order valence-corrected chi connectivity index (χ2v) is 11.4. The van der Waals surface area contributed by atoms with E-state index in [1.807, 2.05) is 0 Å². The lowest BCUT2D eigenvalue weighted by molar-refractivity contribution is -0.130. The molecule has 4 rings (SSSR count). The van der Waals surface area contributed by atoms with E-state index in [4.69, 9.17) is 33.9 Å². The molecule has 4 amide bonds. The van der Waals surface area contributed by atoms with Gasteiger partial charge in [-0.25, -0.2) is 10.0 Å². The number of carbonyl (C=O) groups is 4. The van der Waals surface area contributed by atoms with Crippen LogP contribution in [0, 0.1) is 0 Å². The number of nitrogens with zero attached hydrogens (tertiary/aromatic N) is 4. The van der Waals surface area contributed by atoms with Crippen LogP contribution >= 0.6 is 48.0 Å². The molecule has 4 saturated heterocycles. The minimum atomic E-state index is -0.422. The van der Waals surface area contributed by atoms with E-state index >= 15 is 0 Å². The molecule has 0 radical (unpaired) electrons. The van der Waals surface area contributed by atoms with Crippen molar-refractivity contribution >= 4 is 80.2 Å². The predicted octanol–water partition coefficient (Wildman–Crippen LogP) is -0.574. The van der Waals surface area contributed by atoms with Crippen LogP contribution in [0.4, 0.5) is 0 Å². The van der Waals surface area contributed by atoms with Crippen LogP contribution in [0.25, 0.3) is 0 Å². The van der Waals surface area contributed by atoms with Crippen LogP contribution in [0.15, 0.2) is 9.81 Å². The van der Waals surface area contributed by atoms with Gasteiger partial charge >= 0.3 is 0 Å². The van der Waals surface area contributed by atoms with Crippen molar-refractivity contribution in [1.82, 2.24) is 30.7 Å². The van der Waals surface area contributed by atoms with Gasteiger partial charge in [-0.05, 0) is 0 Å². The number of hydrazine groups is 2. The summed E-state index contributed by atoms with van der Waals surface area (Å²) in [4.78, 5) is 53.7. The number of ether oxygens (including phenoxy) is 2. The Labute approximate surface area is 227 Å². The Hall–Kier alpha value is -1.66. The van der Waals surface area contributed by atoms with Gasteiger partial charge in [-0.2, -0.15) is 0 Å². The van der Waals surface area contributed by atoms with Crippen LogP contribution in [0.5, 0.6) is 0 Å². The summed E-state index contributed by atoms with van der Waals surface area (Å²) in [5, 5.41) is 3.56. The van der Waals surface area contributed by atoms with E-state index in [-0.39, 0.29) is 56.2 Å². The molecule has 0 atom stereocenters. The summed E-state index contributed by atoms with van der Waals surface area (Å²) in [6.45, 7) is 4.80. The number of rotatable bonds is 8. The van der Waals surface area contributed by atoms with E-state index < -0.39 is 11.8 Å². The summed E-state index contributed by atoms with van der Waals surface area (Å²) in [5.41, 5.74) is 5.59. The second-order valence-electron chi connectivity index (χ2n) is 8.08. The van der Waals surface area contributed by atoms with E-state index in [1.54, 1.807) is 10.0 Å². The lowest BCUT2D eigenvalue weighted by atomic mass is 10.3. The van der Waals surface area contributed by atoms with Gasteiger partial charge in [-0.3, -0.25) is 39.8 Å². The number of amides is 4. The van der Waals surface area contributed by atoms with Gasteiger partial charge in [-0.1, -0.05) is 48.0 Å². The molecule has 0 aliphatic carbocycles. The topological polar surface area (TPSA) is 124 Å². The Bertz CT molecular complexity index is 906. The van der Waals surface area contributed by atoms with Crippen molar-refractivity contribution < 1.29 is 28.7 Å². The zero-order valence-electron chi connectivity index (χ0n) is 19.4. The molecule has 16 heteroatoms. The van der Waals surface area contributed by atoms with Crippen molar-refractivity contribution in [1.29, 1.82) is 0 Å². The summed E-state index contributed by atoms with van der Waals surface area (Å²) >= 11 is 12.7. The molecular formula is C20H26N6O6S4. The van der Waals surface area contributed by atoms with Crippen LogP contribution in [0.1, 0.15) is 12.8 Å². The van der Waals surface area contributed by atoms with Gasteiger partial charge in [0.15, 0.2) is 0 Å². The fraction of sp³-hybridized carbons (Fsp3) is 0.600. The van der Waals surface area contributed by atoms with E-state index in [0.29, 0.717) is 52.6 Å². The standard InChI is InChI=1S/C20H26N6O6S4/c27-13(21-23-5-9-31-10-6-23)1-3-25-17(29)15(35-19(25)33)16-18(30)26(20(34)36-16)4-2-14(28)22-24-7-11-32-12-8-24/h1-12H2,(H,21,27)(H,22,28)/b16-15+. The van der Waals surface area contributed by atoms with Crippen LogP contribution in [-0.2, 0) is 28.7 Å². The third-order valence-corrected chi connectivity index (χ3v) is 8.64. The molecule has 0 saturated carbocycles. The number of hydrogen-bond acceptors (Lipinski definition) is 12. The van der Waals surface area contributed by atoms with Crippen molar-refractivity contribution in [3.8, 4) is 0 Å². The van der Waals surface area contributed by atoms with E-state index in [1.165, 1.54) is 9.80 Å². The van der Waals surface area contributed by atoms with Crippen molar-refractivity contribution in [3.05, 3.63) is 9.81 Å². The maximum atomic E-state index is 13.0. The van der Waals surface area contributed by atoms with Gasteiger partial charge in [0.05, 0.1) is 36.2 Å². The molecule has 36 heavy (non-hydrogen) atoms. The highest BCUT2D eigenvalue weighted by molar-refractivity contribution is 8.29.